The Bertz CT molecular complexity index is 508. The number of hydrogen-bond acceptors (Lipinski definition) is 4. The van der Waals surface area contributed by atoms with Crippen molar-refractivity contribution >= 4 is 19.7 Å². The summed E-state index contributed by atoms with van der Waals surface area (Å²) in [5.41, 5.74) is 0. The molecule has 1 aromatic carbocycles. The number of rotatable bonds is 5. The molecule has 0 atom stereocenters. The van der Waals surface area contributed by atoms with Crippen LogP contribution in [0.1, 0.15) is 12.8 Å². The highest BCUT2D eigenvalue weighted by Gasteiger charge is 2.23. The van der Waals surface area contributed by atoms with Gasteiger partial charge in [0.25, 0.3) is 9.05 Å². The van der Waals surface area contributed by atoms with Gasteiger partial charge in [-0.25, -0.2) is 8.42 Å². The summed E-state index contributed by atoms with van der Waals surface area (Å²) in [6.07, 6.45) is 2.38. The number of methoxy groups -OCH3 is 1. The van der Waals surface area contributed by atoms with Gasteiger partial charge in [0, 0.05) is 16.7 Å². The first kappa shape index (κ1) is 12.5. The lowest BCUT2D eigenvalue weighted by Crippen LogP contribution is -2.01. The van der Waals surface area contributed by atoms with E-state index in [1.165, 1.54) is 32.1 Å². The van der Waals surface area contributed by atoms with Gasteiger partial charge in [-0.15, -0.1) is 0 Å². The molecule has 4 nitrogen and oxygen atoms in total. The molecule has 1 aliphatic rings. The first-order valence-corrected chi connectivity index (χ1v) is 7.57. The highest BCUT2D eigenvalue weighted by atomic mass is 35.7. The van der Waals surface area contributed by atoms with E-state index in [0.29, 0.717) is 24.0 Å². The second-order valence-electron chi connectivity index (χ2n) is 4.00. The highest BCUT2D eigenvalue weighted by Crippen LogP contribution is 2.34. The number of ether oxygens (including phenoxy) is 2. The van der Waals surface area contributed by atoms with E-state index < -0.39 is 9.05 Å². The quantitative estimate of drug-likeness (QED) is 0.775. The van der Waals surface area contributed by atoms with Crippen LogP contribution in [0.4, 0.5) is 0 Å². The monoisotopic (exact) mass is 276 g/mol. The first-order chi connectivity index (χ1) is 8.00. The van der Waals surface area contributed by atoms with Crippen molar-refractivity contribution in [3.63, 3.8) is 0 Å². The van der Waals surface area contributed by atoms with Crippen molar-refractivity contribution in [2.45, 2.75) is 17.7 Å². The molecule has 0 N–H and O–H groups in total. The number of hydrogen-bond donors (Lipinski definition) is 0. The molecule has 1 aliphatic carbocycles. The highest BCUT2D eigenvalue weighted by molar-refractivity contribution is 8.13. The molecule has 6 heteroatoms. The Kier molecular flexibility index (Phi) is 3.49. The van der Waals surface area contributed by atoms with Gasteiger partial charge in [0.2, 0.25) is 0 Å². The molecule has 0 radical (unpaired) electrons. The molecular weight excluding hydrogens is 264 g/mol. The van der Waals surface area contributed by atoms with E-state index >= 15 is 0 Å². The molecule has 1 aromatic rings. The Labute approximate surface area is 105 Å². The summed E-state index contributed by atoms with van der Waals surface area (Å²) in [7, 11) is 2.98. The fourth-order valence-corrected chi connectivity index (χ4v) is 2.18. The Balaban J connectivity index is 2.21. The molecule has 0 heterocycles. The van der Waals surface area contributed by atoms with Crippen molar-refractivity contribution in [2.75, 3.05) is 13.7 Å². The smallest absolute Gasteiger partial charge is 0.261 e. The van der Waals surface area contributed by atoms with E-state index in [2.05, 4.69) is 0 Å². The van der Waals surface area contributed by atoms with Gasteiger partial charge >= 0.3 is 0 Å². The molecule has 0 amide bonds. The van der Waals surface area contributed by atoms with Crippen LogP contribution in [0.3, 0.4) is 0 Å². The van der Waals surface area contributed by atoms with Crippen LogP contribution in [0.2, 0.25) is 0 Å². The summed E-state index contributed by atoms with van der Waals surface area (Å²) in [6, 6.07) is 4.34. The van der Waals surface area contributed by atoms with E-state index in [0.717, 1.165) is 0 Å². The summed E-state index contributed by atoms with van der Waals surface area (Å²) in [4.78, 5) is 0.00906. The van der Waals surface area contributed by atoms with Crippen molar-refractivity contribution in [1.29, 1.82) is 0 Å². The van der Waals surface area contributed by atoms with Crippen molar-refractivity contribution in [2.24, 2.45) is 5.92 Å². The molecule has 0 aromatic heterocycles. The molecule has 2 rings (SSSR count). The third-order valence-corrected chi connectivity index (χ3v) is 3.94. The largest absolute Gasteiger partial charge is 0.493 e. The average Bonchev–Trinajstić information content (AvgIpc) is 3.08. The van der Waals surface area contributed by atoms with Crippen LogP contribution in [-0.4, -0.2) is 22.1 Å². The fourth-order valence-electron chi connectivity index (χ4n) is 1.41. The predicted octanol–water partition coefficient (Wildman–Crippen LogP) is 2.41. The maximum absolute atomic E-state index is 11.2. The van der Waals surface area contributed by atoms with Crippen LogP contribution in [0.15, 0.2) is 23.1 Å². The molecule has 0 bridgehead atoms. The van der Waals surface area contributed by atoms with Gasteiger partial charge in [0.05, 0.1) is 18.6 Å². The average molecular weight is 277 g/mol. The summed E-state index contributed by atoms with van der Waals surface area (Å²) in [5.74, 6) is 1.55. The normalized spacial score (nSPS) is 15.6. The molecule has 0 saturated heterocycles. The van der Waals surface area contributed by atoms with Crippen LogP contribution in [0, 0.1) is 5.92 Å². The minimum atomic E-state index is -3.73. The Hall–Kier alpha value is -0.940. The lowest BCUT2D eigenvalue weighted by Gasteiger charge is -2.10. The van der Waals surface area contributed by atoms with Gasteiger partial charge in [-0.1, -0.05) is 0 Å². The van der Waals surface area contributed by atoms with Gasteiger partial charge in [-0.3, -0.25) is 0 Å². The van der Waals surface area contributed by atoms with Crippen LogP contribution in [-0.2, 0) is 9.05 Å². The zero-order valence-electron chi connectivity index (χ0n) is 9.35. The Morgan fingerprint density at radius 2 is 2.06 bits per heavy atom. The third kappa shape index (κ3) is 3.26. The molecule has 0 unspecified atom stereocenters. The summed E-state index contributed by atoms with van der Waals surface area (Å²) in [6.45, 7) is 0.642. The zero-order valence-corrected chi connectivity index (χ0v) is 10.9. The van der Waals surface area contributed by atoms with Crippen LogP contribution >= 0.6 is 10.7 Å². The molecule has 1 fully saturated rings. The molecule has 0 spiro atoms. The predicted molar refractivity (Wildman–Crippen MR) is 64.3 cm³/mol. The molecule has 1 saturated carbocycles. The van der Waals surface area contributed by atoms with Gasteiger partial charge in [0.15, 0.2) is 11.5 Å². The third-order valence-electron chi connectivity index (χ3n) is 2.59. The topological polar surface area (TPSA) is 52.6 Å². The van der Waals surface area contributed by atoms with Crippen molar-refractivity contribution in [3.8, 4) is 11.5 Å². The number of benzene rings is 1. The van der Waals surface area contributed by atoms with E-state index in [4.69, 9.17) is 20.2 Å². The van der Waals surface area contributed by atoms with Crippen LogP contribution in [0.5, 0.6) is 11.5 Å². The van der Waals surface area contributed by atoms with Crippen molar-refractivity contribution in [1.82, 2.24) is 0 Å². The van der Waals surface area contributed by atoms with Gasteiger partial charge in [-0.05, 0) is 30.9 Å². The number of halogens is 1. The van der Waals surface area contributed by atoms with E-state index in [-0.39, 0.29) is 4.90 Å². The maximum Gasteiger partial charge on any atom is 0.261 e. The Morgan fingerprint density at radius 1 is 1.35 bits per heavy atom. The zero-order chi connectivity index (χ0) is 12.5. The molecular formula is C11H13ClO4S. The summed E-state index contributed by atoms with van der Waals surface area (Å²) in [5, 5.41) is 0. The maximum atomic E-state index is 11.2. The van der Waals surface area contributed by atoms with E-state index in [1.54, 1.807) is 6.07 Å². The van der Waals surface area contributed by atoms with Gasteiger partial charge in [0.1, 0.15) is 0 Å². The standard InChI is InChI=1S/C11H13ClO4S/c1-15-11-6-9(17(12,13)14)4-5-10(11)16-7-8-2-3-8/h4-6,8H,2-3,7H2,1H3. The van der Waals surface area contributed by atoms with Gasteiger partial charge < -0.3 is 9.47 Å². The lowest BCUT2D eigenvalue weighted by molar-refractivity contribution is 0.280. The molecule has 94 valence electrons. The van der Waals surface area contributed by atoms with Crippen molar-refractivity contribution < 1.29 is 17.9 Å². The minimum absolute atomic E-state index is 0.00906. The molecule has 0 aliphatic heterocycles. The second-order valence-corrected chi connectivity index (χ2v) is 6.57. The first-order valence-electron chi connectivity index (χ1n) is 5.26. The van der Waals surface area contributed by atoms with Gasteiger partial charge in [-0.2, -0.15) is 0 Å². The summed E-state index contributed by atoms with van der Waals surface area (Å²) >= 11 is 0. The van der Waals surface area contributed by atoms with Crippen molar-refractivity contribution in [3.05, 3.63) is 18.2 Å². The Morgan fingerprint density at radius 3 is 2.59 bits per heavy atom. The summed E-state index contributed by atoms with van der Waals surface area (Å²) < 4.78 is 33.0. The lowest BCUT2D eigenvalue weighted by atomic mass is 10.3. The molecule has 17 heavy (non-hydrogen) atoms. The minimum Gasteiger partial charge on any atom is -0.493 e. The SMILES string of the molecule is COc1cc(S(=O)(=O)Cl)ccc1OCC1CC1. The van der Waals surface area contributed by atoms with Crippen LogP contribution < -0.4 is 9.47 Å². The van der Waals surface area contributed by atoms with E-state index in [9.17, 15) is 8.42 Å². The second kappa shape index (κ2) is 4.74. The fraction of sp³-hybridized carbons (Fsp3) is 0.455. The van der Waals surface area contributed by atoms with Crippen LogP contribution in [0.25, 0.3) is 0 Å². The van der Waals surface area contributed by atoms with E-state index in [1.807, 2.05) is 0 Å².